The largest absolute Gasteiger partial charge is 0.462 e. The van der Waals surface area contributed by atoms with Gasteiger partial charge in [-0.3, -0.25) is 9.59 Å². The van der Waals surface area contributed by atoms with Gasteiger partial charge in [-0.05, 0) is 77.0 Å². The lowest BCUT2D eigenvalue weighted by Crippen LogP contribution is -2.59. The van der Waals surface area contributed by atoms with E-state index in [1.165, 1.54) is 13.0 Å². The predicted molar refractivity (Wildman–Crippen MR) is 197 cm³/mol. The highest BCUT2D eigenvalue weighted by atomic mass is 79.9. The summed E-state index contributed by atoms with van der Waals surface area (Å²) in [5.41, 5.74) is -0.145. The number of rotatable bonds is 5. The second-order valence-corrected chi connectivity index (χ2v) is 16.0. The van der Waals surface area contributed by atoms with Gasteiger partial charge in [-0.2, -0.15) is 0 Å². The van der Waals surface area contributed by atoms with Crippen LogP contribution in [-0.2, 0) is 38.0 Å². The molecule has 1 aromatic heterocycles. The number of allylic oxidation sites excluding steroid dienone is 2. The first kappa shape index (κ1) is 39.4. The Hall–Kier alpha value is -3.29. The predicted octanol–water partition coefficient (Wildman–Crippen LogP) is 7.10. The molecule has 1 aromatic rings. The molecule has 2 saturated heterocycles. The van der Waals surface area contributed by atoms with Crippen LogP contribution in [0, 0.1) is 23.7 Å². The molecule has 2 bridgehead atoms. The number of halogens is 1. The van der Waals surface area contributed by atoms with Crippen LogP contribution in [0.15, 0.2) is 80.5 Å². The first-order chi connectivity index (χ1) is 25.1. The second-order valence-electron chi connectivity index (χ2n) is 15.3. The molecule has 11 nitrogen and oxygen atoms in total. The van der Waals surface area contributed by atoms with Crippen LogP contribution in [0.4, 0.5) is 0 Å². The van der Waals surface area contributed by atoms with Crippen molar-refractivity contribution in [2.75, 3.05) is 6.61 Å². The van der Waals surface area contributed by atoms with Crippen molar-refractivity contribution in [1.29, 1.82) is 0 Å². The van der Waals surface area contributed by atoms with E-state index in [1.54, 1.807) is 31.2 Å². The molecule has 0 aromatic carbocycles. The van der Waals surface area contributed by atoms with Gasteiger partial charge in [0.25, 0.3) is 0 Å². The molecule has 12 heteroatoms. The molecule has 1 aliphatic carbocycles. The highest BCUT2D eigenvalue weighted by Gasteiger charge is 2.61. The summed E-state index contributed by atoms with van der Waals surface area (Å²) in [4.78, 5) is 39.9. The summed E-state index contributed by atoms with van der Waals surface area (Å²) in [6.07, 6.45) is 11.2. The third-order valence-corrected chi connectivity index (χ3v) is 11.7. The van der Waals surface area contributed by atoms with E-state index >= 15 is 0 Å². The number of carbonyl (C=O) groups excluding carboxylic acids is 3. The summed E-state index contributed by atoms with van der Waals surface area (Å²) >= 11 is 3.21. The zero-order valence-electron chi connectivity index (χ0n) is 31.4. The molecule has 12 atom stereocenters. The minimum atomic E-state index is -1.93. The minimum absolute atomic E-state index is 0.0273. The van der Waals surface area contributed by atoms with Crippen molar-refractivity contribution in [3.8, 4) is 0 Å². The average molecular weight is 800 g/mol. The van der Waals surface area contributed by atoms with Crippen molar-refractivity contribution in [1.82, 2.24) is 0 Å². The van der Waals surface area contributed by atoms with E-state index in [0.717, 1.165) is 12.0 Å². The monoisotopic (exact) mass is 798 g/mol. The summed E-state index contributed by atoms with van der Waals surface area (Å²) in [7, 11) is 0. The zero-order valence-corrected chi connectivity index (χ0v) is 33.0. The Labute approximate surface area is 319 Å². The summed E-state index contributed by atoms with van der Waals surface area (Å²) in [6.45, 7) is 13.4. The van der Waals surface area contributed by atoms with Gasteiger partial charge in [0, 0.05) is 31.6 Å². The average Bonchev–Trinajstić information content (AvgIpc) is 3.70. The second kappa shape index (κ2) is 15.8. The first-order valence-electron chi connectivity index (χ1n) is 18.6. The Morgan fingerprint density at radius 1 is 1.06 bits per heavy atom. The molecule has 4 aliphatic heterocycles. The zero-order chi connectivity index (χ0) is 38.2. The van der Waals surface area contributed by atoms with E-state index < -0.39 is 65.7 Å². The molecule has 5 heterocycles. The van der Waals surface area contributed by atoms with Gasteiger partial charge < -0.3 is 37.9 Å². The first-order valence-corrected chi connectivity index (χ1v) is 19.4. The Morgan fingerprint density at radius 3 is 2.53 bits per heavy atom. The molecule has 288 valence electrons. The summed E-state index contributed by atoms with van der Waals surface area (Å²) < 4.78 is 43.6. The highest BCUT2D eigenvalue weighted by Crippen LogP contribution is 2.48. The Kier molecular flexibility index (Phi) is 11.8. The van der Waals surface area contributed by atoms with Crippen molar-refractivity contribution in [2.24, 2.45) is 23.7 Å². The van der Waals surface area contributed by atoms with Crippen LogP contribution in [0.1, 0.15) is 84.7 Å². The van der Waals surface area contributed by atoms with Crippen LogP contribution in [-0.4, -0.2) is 77.6 Å². The van der Waals surface area contributed by atoms with Crippen LogP contribution in [0.2, 0.25) is 0 Å². The van der Waals surface area contributed by atoms with Gasteiger partial charge in [-0.25, -0.2) is 4.79 Å². The molecule has 1 spiro atoms. The van der Waals surface area contributed by atoms with Crippen molar-refractivity contribution < 1.29 is 52.3 Å². The van der Waals surface area contributed by atoms with E-state index in [1.807, 2.05) is 32.1 Å². The van der Waals surface area contributed by atoms with Crippen LogP contribution in [0.3, 0.4) is 0 Å². The number of aliphatic hydroxyl groups is 1. The normalized spacial score (nSPS) is 40.4. The van der Waals surface area contributed by atoms with Crippen LogP contribution < -0.4 is 0 Å². The van der Waals surface area contributed by atoms with Crippen LogP contribution in [0.5, 0.6) is 0 Å². The SMILES string of the molecule is CC[C@H](C)[C@H]1O[C@]2(C=C[C@@H]1C)C[C@@H]1C[C@@H](C/C=C(\C)[C@@H](OC(C)=O)[C@@H](C)/C=C/C=C3\CO[C@@H]4[C@H](OC(=O)c5ccc(Br)o5)C(C)=C[C@@H](C(=O)O1)[C@]34O)O2. The Morgan fingerprint density at radius 2 is 1.83 bits per heavy atom. The van der Waals surface area contributed by atoms with Gasteiger partial charge in [0.1, 0.15) is 29.8 Å². The van der Waals surface area contributed by atoms with E-state index in [4.69, 9.17) is 32.8 Å². The standard InChI is InChI=1S/C41H51BrO11/c1-8-22(2)35-25(5)16-17-40(53-35)20-30-19-29(52-40)13-12-24(4)34(48-27(7)43)23(3)10-9-11-28-21-47-37-36(51-39(45)32-14-15-33(42)50-32)26(6)18-31(38(44)49-30)41(28,37)46/h9-12,14-18,22-23,25,29-31,34-37,46H,8,13,19-21H2,1-7H3/b10-9+,24-12+,28-11+/t22-,23-,25-,29+,30-,31-,34-,35+,36+,37+,40+,41+/m0/s1. The number of esters is 3. The smallest absolute Gasteiger partial charge is 0.374 e. The molecular formula is C41H51BrO11. The van der Waals surface area contributed by atoms with E-state index in [2.05, 4.69) is 42.8 Å². The Bertz CT molecular complexity index is 1720. The van der Waals surface area contributed by atoms with Crippen LogP contribution in [0.25, 0.3) is 0 Å². The molecule has 5 aliphatic rings. The fourth-order valence-electron chi connectivity index (χ4n) is 8.26. The van der Waals surface area contributed by atoms with Gasteiger partial charge in [-0.15, -0.1) is 0 Å². The quantitative estimate of drug-likeness (QED) is 0.185. The molecule has 0 amide bonds. The number of hydrogen-bond donors (Lipinski definition) is 1. The van der Waals surface area contributed by atoms with E-state index in [9.17, 15) is 19.5 Å². The summed E-state index contributed by atoms with van der Waals surface area (Å²) in [6, 6.07) is 3.06. The van der Waals surface area contributed by atoms with E-state index in [-0.39, 0.29) is 42.6 Å². The number of ether oxygens (including phenoxy) is 6. The number of hydrogen-bond acceptors (Lipinski definition) is 11. The third-order valence-electron chi connectivity index (χ3n) is 11.3. The number of fused-ring (bicyclic) bond motifs is 2. The maximum Gasteiger partial charge on any atom is 0.374 e. The lowest BCUT2D eigenvalue weighted by atomic mass is 9.70. The Balaban J connectivity index is 1.41. The molecule has 0 unspecified atom stereocenters. The van der Waals surface area contributed by atoms with Crippen molar-refractivity contribution in [3.05, 3.63) is 81.8 Å². The van der Waals surface area contributed by atoms with Crippen molar-refractivity contribution in [2.45, 2.75) is 122 Å². The van der Waals surface area contributed by atoms with Gasteiger partial charge in [-0.1, -0.05) is 70.6 Å². The maximum absolute atomic E-state index is 14.4. The third kappa shape index (κ3) is 8.08. The number of furan rings is 1. The molecule has 53 heavy (non-hydrogen) atoms. The van der Waals surface area contributed by atoms with Gasteiger partial charge in [0.2, 0.25) is 5.76 Å². The van der Waals surface area contributed by atoms with E-state index in [0.29, 0.717) is 28.7 Å². The van der Waals surface area contributed by atoms with Gasteiger partial charge in [0.15, 0.2) is 16.6 Å². The molecule has 0 radical (unpaired) electrons. The lowest BCUT2D eigenvalue weighted by molar-refractivity contribution is -0.300. The fraction of sp³-hybridized carbons (Fsp3) is 0.585. The maximum atomic E-state index is 14.4. The minimum Gasteiger partial charge on any atom is -0.462 e. The molecule has 2 fully saturated rings. The molecular weight excluding hydrogens is 748 g/mol. The van der Waals surface area contributed by atoms with Gasteiger partial charge in [0.05, 0.1) is 18.8 Å². The lowest BCUT2D eigenvalue weighted by Gasteiger charge is -2.48. The van der Waals surface area contributed by atoms with Crippen LogP contribution >= 0.6 is 15.9 Å². The topological polar surface area (TPSA) is 140 Å². The molecule has 0 saturated carbocycles. The molecule has 6 rings (SSSR count). The van der Waals surface area contributed by atoms with Crippen molar-refractivity contribution >= 4 is 33.8 Å². The van der Waals surface area contributed by atoms with Gasteiger partial charge >= 0.3 is 17.9 Å². The summed E-state index contributed by atoms with van der Waals surface area (Å²) in [5.74, 6) is -3.96. The molecule has 1 N–H and O–H groups in total. The highest BCUT2D eigenvalue weighted by molar-refractivity contribution is 9.10. The number of carbonyl (C=O) groups is 3. The fourth-order valence-corrected chi connectivity index (χ4v) is 8.57. The van der Waals surface area contributed by atoms with Crippen molar-refractivity contribution in [3.63, 3.8) is 0 Å². The summed E-state index contributed by atoms with van der Waals surface area (Å²) in [5, 5.41) is 12.7.